The van der Waals surface area contributed by atoms with Crippen molar-refractivity contribution < 1.29 is 0 Å². The molecule has 3 heteroatoms. The number of hydrogen-bond donors (Lipinski definition) is 1. The van der Waals surface area contributed by atoms with Crippen molar-refractivity contribution in [3.63, 3.8) is 0 Å². The number of hydrogen-bond acceptors (Lipinski definition) is 3. The van der Waals surface area contributed by atoms with E-state index in [2.05, 4.69) is 37.1 Å². The average molecular weight is 238 g/mol. The monoisotopic (exact) mass is 238 g/mol. The van der Waals surface area contributed by atoms with E-state index in [0.717, 1.165) is 19.5 Å². The number of rotatable bonds is 2. The summed E-state index contributed by atoms with van der Waals surface area (Å²) in [6.45, 7) is 9.04. The summed E-state index contributed by atoms with van der Waals surface area (Å²) in [5.74, 6) is 0.606. The maximum Gasteiger partial charge on any atom is 0.0333 e. The van der Waals surface area contributed by atoms with E-state index in [1.54, 1.807) is 0 Å². The topological polar surface area (TPSA) is 29.3 Å². The summed E-state index contributed by atoms with van der Waals surface area (Å²) in [4.78, 5) is 4.09. The highest BCUT2D eigenvalue weighted by atomic mass is 32.1. The molecule has 90 valence electrons. The molecule has 1 aliphatic rings. The maximum absolute atomic E-state index is 6.11. The van der Waals surface area contributed by atoms with Crippen molar-refractivity contribution >= 4 is 11.3 Å². The number of aryl methyl sites for hydroxylation is 1. The third-order valence-corrected chi connectivity index (χ3v) is 5.08. The molecule has 1 aliphatic heterocycles. The fraction of sp³-hybridized carbons (Fsp3) is 0.692. The molecule has 0 radical (unpaired) electrons. The van der Waals surface area contributed by atoms with Crippen LogP contribution in [0.15, 0.2) is 11.4 Å². The number of likely N-dealkylation sites (tertiary alicyclic amines) is 1. The van der Waals surface area contributed by atoms with Crippen LogP contribution in [0.5, 0.6) is 0 Å². The lowest BCUT2D eigenvalue weighted by Crippen LogP contribution is -2.51. The summed E-state index contributed by atoms with van der Waals surface area (Å²) in [5.41, 5.74) is 7.54. The molecule has 1 aromatic heterocycles. The normalized spacial score (nSPS) is 31.9. The van der Waals surface area contributed by atoms with Crippen molar-refractivity contribution in [2.24, 2.45) is 11.7 Å². The van der Waals surface area contributed by atoms with Crippen LogP contribution in [0.4, 0.5) is 0 Å². The van der Waals surface area contributed by atoms with Gasteiger partial charge < -0.3 is 5.73 Å². The molecule has 2 nitrogen and oxygen atoms in total. The Hall–Kier alpha value is -0.380. The molecule has 0 amide bonds. The Morgan fingerprint density at radius 2 is 2.25 bits per heavy atom. The average Bonchev–Trinajstić information content (AvgIpc) is 2.65. The predicted octanol–water partition coefficient (Wildman–Crippen LogP) is 2.61. The summed E-state index contributed by atoms with van der Waals surface area (Å²) in [5, 5.41) is 2.19. The van der Waals surface area contributed by atoms with Gasteiger partial charge in [-0.1, -0.05) is 6.92 Å². The Morgan fingerprint density at radius 1 is 1.50 bits per heavy atom. The fourth-order valence-corrected chi connectivity index (χ4v) is 3.38. The Labute approximate surface area is 102 Å². The van der Waals surface area contributed by atoms with Gasteiger partial charge in [-0.15, -0.1) is 11.3 Å². The predicted molar refractivity (Wildman–Crippen MR) is 70.7 cm³/mol. The van der Waals surface area contributed by atoms with Gasteiger partial charge in [0, 0.05) is 30.1 Å². The smallest absolute Gasteiger partial charge is 0.0333 e. The standard InChI is InChI=1S/C13H22N2S/c1-9-5-7-16-13(9)8-15-6-4-12(14)10(2)11(15)3/h5,7,10-12H,4,6,8,14H2,1-3H3. The van der Waals surface area contributed by atoms with Crippen molar-refractivity contribution in [1.29, 1.82) is 0 Å². The molecule has 0 aliphatic carbocycles. The van der Waals surface area contributed by atoms with Crippen molar-refractivity contribution in [3.8, 4) is 0 Å². The van der Waals surface area contributed by atoms with E-state index >= 15 is 0 Å². The zero-order valence-electron chi connectivity index (χ0n) is 10.4. The van der Waals surface area contributed by atoms with Crippen molar-refractivity contribution in [2.45, 2.75) is 45.8 Å². The van der Waals surface area contributed by atoms with Crippen LogP contribution in [0.25, 0.3) is 0 Å². The second-order valence-corrected chi connectivity index (χ2v) is 6.05. The first-order chi connectivity index (χ1) is 7.59. The van der Waals surface area contributed by atoms with Crippen LogP contribution >= 0.6 is 11.3 Å². The number of thiophene rings is 1. The molecule has 0 bridgehead atoms. The van der Waals surface area contributed by atoms with Gasteiger partial charge in [-0.2, -0.15) is 0 Å². The van der Waals surface area contributed by atoms with Gasteiger partial charge in [0.05, 0.1) is 0 Å². The van der Waals surface area contributed by atoms with E-state index in [0.29, 0.717) is 18.0 Å². The first kappa shape index (κ1) is 12.1. The molecular weight excluding hydrogens is 216 g/mol. The van der Waals surface area contributed by atoms with Crippen molar-refractivity contribution in [3.05, 3.63) is 21.9 Å². The van der Waals surface area contributed by atoms with Gasteiger partial charge in [-0.3, -0.25) is 4.90 Å². The van der Waals surface area contributed by atoms with E-state index < -0.39 is 0 Å². The minimum atomic E-state index is 0.385. The maximum atomic E-state index is 6.11. The minimum Gasteiger partial charge on any atom is -0.327 e. The molecule has 0 spiro atoms. The lowest BCUT2D eigenvalue weighted by molar-refractivity contribution is 0.0918. The van der Waals surface area contributed by atoms with Crippen LogP contribution in [0.1, 0.15) is 30.7 Å². The highest BCUT2D eigenvalue weighted by molar-refractivity contribution is 7.10. The van der Waals surface area contributed by atoms with Crippen LogP contribution in [-0.2, 0) is 6.54 Å². The first-order valence-corrected chi connectivity index (χ1v) is 7.00. The minimum absolute atomic E-state index is 0.385. The summed E-state index contributed by atoms with van der Waals surface area (Å²) in [7, 11) is 0. The third-order valence-electron chi connectivity index (χ3n) is 4.08. The molecule has 1 aromatic rings. The summed E-state index contributed by atoms with van der Waals surface area (Å²) < 4.78 is 0. The zero-order chi connectivity index (χ0) is 11.7. The molecule has 2 N–H and O–H groups in total. The number of piperidine rings is 1. The fourth-order valence-electron chi connectivity index (χ4n) is 2.45. The molecular formula is C13H22N2S. The van der Waals surface area contributed by atoms with Gasteiger partial charge >= 0.3 is 0 Å². The van der Waals surface area contributed by atoms with E-state index in [1.165, 1.54) is 10.4 Å². The van der Waals surface area contributed by atoms with E-state index in [9.17, 15) is 0 Å². The number of nitrogens with zero attached hydrogens (tertiary/aromatic N) is 1. The van der Waals surface area contributed by atoms with Crippen molar-refractivity contribution in [1.82, 2.24) is 4.90 Å². The summed E-state index contributed by atoms with van der Waals surface area (Å²) in [6.07, 6.45) is 1.13. The summed E-state index contributed by atoms with van der Waals surface area (Å²) >= 11 is 1.87. The highest BCUT2D eigenvalue weighted by Gasteiger charge is 2.30. The molecule has 16 heavy (non-hydrogen) atoms. The first-order valence-electron chi connectivity index (χ1n) is 6.12. The molecule has 0 saturated carbocycles. The van der Waals surface area contributed by atoms with E-state index in [4.69, 9.17) is 5.73 Å². The second kappa shape index (κ2) is 4.86. The molecule has 3 unspecified atom stereocenters. The van der Waals surface area contributed by atoms with Gasteiger partial charge in [0.15, 0.2) is 0 Å². The van der Waals surface area contributed by atoms with Crippen LogP contribution in [-0.4, -0.2) is 23.5 Å². The van der Waals surface area contributed by atoms with Gasteiger partial charge in [0.25, 0.3) is 0 Å². The molecule has 1 fully saturated rings. The Morgan fingerprint density at radius 3 is 2.88 bits per heavy atom. The number of nitrogens with two attached hydrogens (primary N) is 1. The van der Waals surface area contributed by atoms with Crippen molar-refractivity contribution in [2.75, 3.05) is 6.54 Å². The molecule has 3 atom stereocenters. The van der Waals surface area contributed by atoms with E-state index in [-0.39, 0.29) is 0 Å². The Bertz CT molecular complexity index is 347. The van der Waals surface area contributed by atoms with E-state index in [1.807, 2.05) is 11.3 Å². The van der Waals surface area contributed by atoms with Gasteiger partial charge in [-0.05, 0) is 43.2 Å². The molecule has 2 rings (SSSR count). The SMILES string of the molecule is Cc1ccsc1CN1CCC(N)C(C)C1C. The Kier molecular flexibility index (Phi) is 3.67. The largest absolute Gasteiger partial charge is 0.327 e. The van der Waals surface area contributed by atoms with Gasteiger partial charge in [0.1, 0.15) is 0 Å². The lowest BCUT2D eigenvalue weighted by atomic mass is 9.87. The molecule has 2 heterocycles. The van der Waals surface area contributed by atoms with Crippen LogP contribution in [0.3, 0.4) is 0 Å². The third kappa shape index (κ3) is 2.31. The van der Waals surface area contributed by atoms with Crippen LogP contribution in [0, 0.1) is 12.8 Å². The summed E-state index contributed by atoms with van der Waals surface area (Å²) in [6, 6.07) is 3.20. The quantitative estimate of drug-likeness (QED) is 0.858. The second-order valence-electron chi connectivity index (χ2n) is 5.05. The van der Waals surface area contributed by atoms with Gasteiger partial charge in [0.2, 0.25) is 0 Å². The van der Waals surface area contributed by atoms with Crippen LogP contribution < -0.4 is 5.73 Å². The van der Waals surface area contributed by atoms with Gasteiger partial charge in [-0.25, -0.2) is 0 Å². The molecule has 0 aromatic carbocycles. The van der Waals surface area contributed by atoms with Crippen LogP contribution in [0.2, 0.25) is 0 Å². The highest BCUT2D eigenvalue weighted by Crippen LogP contribution is 2.26. The lowest BCUT2D eigenvalue weighted by Gasteiger charge is -2.41. The zero-order valence-corrected chi connectivity index (χ0v) is 11.3. The Balaban J connectivity index is 2.03. The molecule has 1 saturated heterocycles.